The second kappa shape index (κ2) is 7.23. The first-order valence-electron chi connectivity index (χ1n) is 8.48. The molecule has 3 rings (SSSR count). The molecule has 116 valence electrons. The van der Waals surface area contributed by atoms with Crippen molar-refractivity contribution < 1.29 is 0 Å². The Balaban J connectivity index is 1.50. The van der Waals surface area contributed by atoms with Crippen LogP contribution >= 0.6 is 0 Å². The van der Waals surface area contributed by atoms with Gasteiger partial charge in [-0.3, -0.25) is 4.90 Å². The highest BCUT2D eigenvalue weighted by Crippen LogP contribution is 2.30. The largest absolute Gasteiger partial charge is 0.354 e. The lowest BCUT2D eigenvalue weighted by Crippen LogP contribution is -2.47. The van der Waals surface area contributed by atoms with Gasteiger partial charge in [0.25, 0.3) is 0 Å². The summed E-state index contributed by atoms with van der Waals surface area (Å²) < 4.78 is 0. The monoisotopic (exact) mass is 288 g/mol. The molecule has 4 nitrogen and oxygen atoms in total. The number of rotatable bonds is 7. The number of anilines is 1. The molecule has 2 heterocycles. The maximum Gasteiger partial charge on any atom is 0.128 e. The summed E-state index contributed by atoms with van der Waals surface area (Å²) in [6.45, 7) is 10.2. The lowest BCUT2D eigenvalue weighted by Gasteiger charge is -2.35. The normalized spacial score (nSPS) is 20.0. The third-order valence-electron chi connectivity index (χ3n) is 4.48. The van der Waals surface area contributed by atoms with E-state index in [1.165, 1.54) is 44.5 Å². The molecule has 2 aliphatic rings. The summed E-state index contributed by atoms with van der Waals surface area (Å²) in [5, 5.41) is 3.46. The van der Waals surface area contributed by atoms with Crippen molar-refractivity contribution in [1.82, 2.24) is 15.2 Å². The summed E-state index contributed by atoms with van der Waals surface area (Å²) in [4.78, 5) is 9.63. The van der Waals surface area contributed by atoms with Gasteiger partial charge in [-0.1, -0.05) is 6.92 Å². The fourth-order valence-electron chi connectivity index (χ4n) is 2.98. The molecule has 1 saturated heterocycles. The molecule has 0 spiro atoms. The van der Waals surface area contributed by atoms with E-state index in [0.29, 0.717) is 0 Å². The van der Waals surface area contributed by atoms with Gasteiger partial charge in [-0.2, -0.15) is 0 Å². The Bertz CT molecular complexity index is 436. The molecule has 0 atom stereocenters. The van der Waals surface area contributed by atoms with Crippen LogP contribution in [0.5, 0.6) is 0 Å². The lowest BCUT2D eigenvalue weighted by atomic mass is 10.2. The van der Waals surface area contributed by atoms with E-state index in [-0.39, 0.29) is 0 Å². The van der Waals surface area contributed by atoms with Gasteiger partial charge in [0.1, 0.15) is 5.82 Å². The predicted octanol–water partition coefficient (Wildman–Crippen LogP) is 2.11. The smallest absolute Gasteiger partial charge is 0.128 e. The Morgan fingerprint density at radius 3 is 2.76 bits per heavy atom. The van der Waals surface area contributed by atoms with E-state index in [0.717, 1.165) is 37.9 Å². The van der Waals surface area contributed by atoms with Gasteiger partial charge in [0.15, 0.2) is 0 Å². The van der Waals surface area contributed by atoms with E-state index < -0.39 is 0 Å². The summed E-state index contributed by atoms with van der Waals surface area (Å²) >= 11 is 0. The van der Waals surface area contributed by atoms with E-state index >= 15 is 0 Å². The third-order valence-corrected chi connectivity index (χ3v) is 4.48. The average molecular weight is 288 g/mol. The molecular weight excluding hydrogens is 260 g/mol. The summed E-state index contributed by atoms with van der Waals surface area (Å²) in [7, 11) is 0. The predicted molar refractivity (Wildman–Crippen MR) is 87.6 cm³/mol. The maximum absolute atomic E-state index is 4.57. The van der Waals surface area contributed by atoms with Crippen LogP contribution in [-0.2, 0) is 6.54 Å². The number of nitrogens with one attached hydrogen (secondary N) is 1. The molecule has 4 heteroatoms. The molecular formula is C17H28N4. The molecule has 1 aromatic rings. The zero-order chi connectivity index (χ0) is 14.5. The first-order valence-corrected chi connectivity index (χ1v) is 8.48. The molecule has 1 aromatic heterocycles. The highest BCUT2D eigenvalue weighted by Gasteiger charge is 2.26. The van der Waals surface area contributed by atoms with Crippen LogP contribution in [0.1, 0.15) is 31.7 Å². The molecule has 1 saturated carbocycles. The van der Waals surface area contributed by atoms with Crippen LogP contribution in [0.15, 0.2) is 18.3 Å². The summed E-state index contributed by atoms with van der Waals surface area (Å²) in [5.74, 6) is 2.15. The number of hydrogen-bond donors (Lipinski definition) is 1. The quantitative estimate of drug-likeness (QED) is 0.779. The van der Waals surface area contributed by atoms with Crippen LogP contribution in [0.25, 0.3) is 0 Å². The summed E-state index contributed by atoms with van der Waals surface area (Å²) in [6, 6.07) is 4.37. The summed E-state index contributed by atoms with van der Waals surface area (Å²) in [5.41, 5.74) is 1.34. The van der Waals surface area contributed by atoms with Crippen molar-refractivity contribution >= 4 is 5.82 Å². The summed E-state index contributed by atoms with van der Waals surface area (Å²) in [6.07, 6.45) is 6.04. The van der Waals surface area contributed by atoms with Crippen molar-refractivity contribution in [1.29, 1.82) is 0 Å². The topological polar surface area (TPSA) is 31.4 Å². The lowest BCUT2D eigenvalue weighted by molar-refractivity contribution is 0.247. The molecule has 0 unspecified atom stereocenters. The molecule has 1 N–H and O–H groups in total. The zero-order valence-electron chi connectivity index (χ0n) is 13.2. The molecule has 1 aliphatic carbocycles. The van der Waals surface area contributed by atoms with Crippen LogP contribution in [0, 0.1) is 5.92 Å². The van der Waals surface area contributed by atoms with Crippen molar-refractivity contribution in [2.45, 2.75) is 32.7 Å². The number of nitrogens with zero attached hydrogens (tertiary/aromatic N) is 3. The Kier molecular flexibility index (Phi) is 5.09. The van der Waals surface area contributed by atoms with E-state index in [4.69, 9.17) is 0 Å². The second-order valence-corrected chi connectivity index (χ2v) is 6.43. The highest BCUT2D eigenvalue weighted by molar-refractivity contribution is 5.41. The van der Waals surface area contributed by atoms with E-state index in [1.807, 2.05) is 6.20 Å². The van der Waals surface area contributed by atoms with Crippen molar-refractivity contribution in [2.75, 3.05) is 44.2 Å². The minimum atomic E-state index is 0.949. The van der Waals surface area contributed by atoms with E-state index in [1.54, 1.807) is 0 Å². The van der Waals surface area contributed by atoms with Gasteiger partial charge in [0.2, 0.25) is 0 Å². The van der Waals surface area contributed by atoms with Crippen LogP contribution in [0.4, 0.5) is 5.82 Å². The first-order chi connectivity index (χ1) is 10.3. The second-order valence-electron chi connectivity index (χ2n) is 6.43. The minimum absolute atomic E-state index is 0.949. The van der Waals surface area contributed by atoms with Crippen molar-refractivity contribution in [3.8, 4) is 0 Å². The van der Waals surface area contributed by atoms with Crippen LogP contribution in [0.2, 0.25) is 0 Å². The van der Waals surface area contributed by atoms with Crippen molar-refractivity contribution in [3.63, 3.8) is 0 Å². The fraction of sp³-hybridized carbons (Fsp3) is 0.706. The molecule has 0 radical (unpaired) electrons. The van der Waals surface area contributed by atoms with Crippen LogP contribution in [0.3, 0.4) is 0 Å². The Morgan fingerprint density at radius 1 is 1.24 bits per heavy atom. The first kappa shape index (κ1) is 14.8. The fourth-order valence-corrected chi connectivity index (χ4v) is 2.98. The average Bonchev–Trinajstić information content (AvgIpc) is 3.33. The Labute approximate surface area is 128 Å². The van der Waals surface area contributed by atoms with Gasteiger partial charge < -0.3 is 10.2 Å². The molecule has 0 amide bonds. The van der Waals surface area contributed by atoms with Crippen LogP contribution in [-0.4, -0.2) is 49.2 Å². The minimum Gasteiger partial charge on any atom is -0.354 e. The molecule has 0 aromatic carbocycles. The molecule has 0 bridgehead atoms. The maximum atomic E-state index is 4.57. The third kappa shape index (κ3) is 4.42. The number of piperazine rings is 1. The van der Waals surface area contributed by atoms with Gasteiger partial charge >= 0.3 is 0 Å². The molecule has 21 heavy (non-hydrogen) atoms. The van der Waals surface area contributed by atoms with E-state index in [2.05, 4.69) is 39.2 Å². The number of pyridine rings is 1. The van der Waals surface area contributed by atoms with Gasteiger partial charge in [0.05, 0.1) is 0 Å². The number of hydrogen-bond acceptors (Lipinski definition) is 4. The standard InChI is InChI=1S/C17H28N4/c1-2-6-18-13-16-5-7-19-17(12-16)21-10-8-20(9-11-21)14-15-3-4-15/h5,7,12,15,18H,2-4,6,8-11,13-14H2,1H3. The molecule has 1 aliphatic heterocycles. The van der Waals surface area contributed by atoms with Gasteiger partial charge in [-0.05, 0) is 49.4 Å². The Morgan fingerprint density at radius 2 is 2.05 bits per heavy atom. The molecule has 2 fully saturated rings. The van der Waals surface area contributed by atoms with Gasteiger partial charge in [0, 0.05) is 45.5 Å². The van der Waals surface area contributed by atoms with Gasteiger partial charge in [-0.25, -0.2) is 4.98 Å². The zero-order valence-corrected chi connectivity index (χ0v) is 13.2. The Hall–Kier alpha value is -1.13. The number of aromatic nitrogens is 1. The van der Waals surface area contributed by atoms with E-state index in [9.17, 15) is 0 Å². The van der Waals surface area contributed by atoms with Crippen LogP contribution < -0.4 is 10.2 Å². The highest BCUT2D eigenvalue weighted by atomic mass is 15.3. The SMILES string of the molecule is CCCNCc1ccnc(N2CCN(CC3CC3)CC2)c1. The van der Waals surface area contributed by atoms with Crippen molar-refractivity contribution in [3.05, 3.63) is 23.9 Å². The van der Waals surface area contributed by atoms with Crippen molar-refractivity contribution in [2.24, 2.45) is 5.92 Å². The van der Waals surface area contributed by atoms with Gasteiger partial charge in [-0.15, -0.1) is 0 Å².